The average Bonchev–Trinajstić information content (AvgIpc) is 3.19. The van der Waals surface area contributed by atoms with E-state index in [4.69, 9.17) is 16.3 Å². The number of aromatic nitrogens is 3. The van der Waals surface area contributed by atoms with Crippen LogP contribution in [-0.4, -0.2) is 43.6 Å². The van der Waals surface area contributed by atoms with Crippen LogP contribution in [-0.2, 0) is 6.54 Å². The van der Waals surface area contributed by atoms with E-state index in [0.717, 1.165) is 18.5 Å². The summed E-state index contributed by atoms with van der Waals surface area (Å²) in [5.74, 6) is -0.151. The fourth-order valence-corrected chi connectivity index (χ4v) is 4.52. The number of rotatable bonds is 4. The number of carbonyl (C=O) groups is 1. The highest BCUT2D eigenvalue weighted by Crippen LogP contribution is 2.35. The molecule has 0 radical (unpaired) electrons. The maximum atomic E-state index is 13.6. The maximum absolute atomic E-state index is 13.6. The Morgan fingerprint density at radius 3 is 2.62 bits per heavy atom. The van der Waals surface area contributed by atoms with Crippen LogP contribution in [0.1, 0.15) is 34.6 Å². The van der Waals surface area contributed by atoms with E-state index in [2.05, 4.69) is 4.98 Å². The normalized spacial score (nSPS) is 20.1. The second-order valence-corrected chi connectivity index (χ2v) is 8.64. The number of halogens is 2. The minimum Gasteiger partial charge on any atom is -0.488 e. The highest BCUT2D eigenvalue weighted by molar-refractivity contribution is 6.31. The summed E-state index contributed by atoms with van der Waals surface area (Å²) in [7, 11) is 0. The van der Waals surface area contributed by atoms with E-state index in [1.807, 2.05) is 6.92 Å². The molecule has 0 spiro atoms. The van der Waals surface area contributed by atoms with Crippen LogP contribution in [0.4, 0.5) is 4.39 Å². The highest BCUT2D eigenvalue weighted by Gasteiger charge is 2.42. The second-order valence-electron chi connectivity index (χ2n) is 8.27. The molecule has 0 N–H and O–H groups in total. The molecule has 1 aromatic carbocycles. The lowest BCUT2D eigenvalue weighted by Gasteiger charge is -2.45. The Bertz CT molecular complexity index is 1280. The zero-order chi connectivity index (χ0) is 22.6. The summed E-state index contributed by atoms with van der Waals surface area (Å²) in [6.07, 6.45) is 4.76. The van der Waals surface area contributed by atoms with Crippen molar-refractivity contribution in [2.45, 2.75) is 45.4 Å². The van der Waals surface area contributed by atoms with Gasteiger partial charge in [-0.2, -0.15) is 0 Å². The van der Waals surface area contributed by atoms with Gasteiger partial charge in [0, 0.05) is 24.8 Å². The van der Waals surface area contributed by atoms with Gasteiger partial charge in [0.1, 0.15) is 29.1 Å². The van der Waals surface area contributed by atoms with Crippen LogP contribution < -0.4 is 10.3 Å². The Hall–Kier alpha value is -3.13. The molecule has 166 valence electrons. The van der Waals surface area contributed by atoms with E-state index >= 15 is 0 Å². The molecule has 1 aliphatic carbocycles. The predicted octanol–water partition coefficient (Wildman–Crippen LogP) is 3.51. The summed E-state index contributed by atoms with van der Waals surface area (Å²) in [6.45, 7) is 4.40. The third-order valence-electron chi connectivity index (χ3n) is 6.33. The molecule has 2 aliphatic rings. The van der Waals surface area contributed by atoms with Crippen molar-refractivity contribution in [1.29, 1.82) is 0 Å². The first-order chi connectivity index (χ1) is 15.3. The molecule has 2 aromatic heterocycles. The molecule has 2 unspecified atom stereocenters. The van der Waals surface area contributed by atoms with Gasteiger partial charge in [0.25, 0.3) is 11.5 Å². The minimum atomic E-state index is -0.486. The van der Waals surface area contributed by atoms with Crippen LogP contribution in [0.25, 0.3) is 5.69 Å². The van der Waals surface area contributed by atoms with Gasteiger partial charge in [0.2, 0.25) is 0 Å². The van der Waals surface area contributed by atoms with E-state index in [1.165, 1.54) is 10.6 Å². The van der Waals surface area contributed by atoms with Crippen LogP contribution in [0, 0.1) is 19.7 Å². The van der Waals surface area contributed by atoms with Crippen LogP contribution in [0.15, 0.2) is 41.6 Å². The summed E-state index contributed by atoms with van der Waals surface area (Å²) >= 11 is 6.01. The first-order valence-corrected chi connectivity index (χ1v) is 10.9. The number of pyridine rings is 1. The van der Waals surface area contributed by atoms with E-state index < -0.39 is 5.82 Å². The summed E-state index contributed by atoms with van der Waals surface area (Å²) in [6, 6.07) is 6.10. The number of imidazole rings is 1. The van der Waals surface area contributed by atoms with E-state index in [1.54, 1.807) is 47.1 Å². The number of nitrogens with zero attached hydrogens (tertiary/aromatic N) is 4. The minimum absolute atomic E-state index is 0.0459. The predicted molar refractivity (Wildman–Crippen MR) is 117 cm³/mol. The number of ether oxygens (including phenoxy) is 1. The zero-order valence-electron chi connectivity index (χ0n) is 17.7. The number of carbonyl (C=O) groups excluding carboxylic acids is 1. The molecule has 2 atom stereocenters. The fraction of sp³-hybridized carbons (Fsp3) is 0.348. The van der Waals surface area contributed by atoms with Gasteiger partial charge < -0.3 is 18.8 Å². The molecule has 9 heteroatoms. The number of benzene rings is 1. The largest absolute Gasteiger partial charge is 0.488 e. The summed E-state index contributed by atoms with van der Waals surface area (Å²) in [4.78, 5) is 32.2. The van der Waals surface area contributed by atoms with Crippen molar-refractivity contribution in [1.82, 2.24) is 19.0 Å². The van der Waals surface area contributed by atoms with Crippen molar-refractivity contribution >= 4 is 17.5 Å². The lowest BCUT2D eigenvalue weighted by Crippen LogP contribution is -2.58. The van der Waals surface area contributed by atoms with E-state index in [0.29, 0.717) is 35.8 Å². The number of hydrogen-bond donors (Lipinski definition) is 0. The van der Waals surface area contributed by atoms with Crippen LogP contribution in [0.2, 0.25) is 5.02 Å². The molecule has 0 saturated heterocycles. The maximum Gasteiger partial charge on any atom is 0.275 e. The molecule has 3 heterocycles. The molecule has 32 heavy (non-hydrogen) atoms. The van der Waals surface area contributed by atoms with Gasteiger partial charge in [0.15, 0.2) is 0 Å². The Labute approximate surface area is 189 Å². The van der Waals surface area contributed by atoms with Gasteiger partial charge in [-0.15, -0.1) is 0 Å². The molecule has 5 rings (SSSR count). The van der Waals surface area contributed by atoms with Crippen molar-refractivity contribution in [3.63, 3.8) is 0 Å². The molecule has 7 nitrogen and oxygen atoms in total. The van der Waals surface area contributed by atoms with Gasteiger partial charge in [-0.05, 0) is 51.0 Å². The summed E-state index contributed by atoms with van der Waals surface area (Å²) in [5, 5.41) is 0.0459. The van der Waals surface area contributed by atoms with Crippen molar-refractivity contribution in [3.8, 4) is 11.4 Å². The average molecular weight is 457 g/mol. The summed E-state index contributed by atoms with van der Waals surface area (Å²) in [5.41, 5.74) is 1.97. The van der Waals surface area contributed by atoms with Crippen molar-refractivity contribution in [2.24, 2.45) is 0 Å². The fourth-order valence-electron chi connectivity index (χ4n) is 4.37. The Morgan fingerprint density at radius 1 is 1.12 bits per heavy atom. The smallest absolute Gasteiger partial charge is 0.275 e. The van der Waals surface area contributed by atoms with E-state index in [9.17, 15) is 14.0 Å². The molecular weight excluding hydrogens is 435 g/mol. The highest BCUT2D eigenvalue weighted by atomic mass is 35.5. The van der Waals surface area contributed by atoms with Gasteiger partial charge in [-0.25, -0.2) is 9.37 Å². The third kappa shape index (κ3) is 3.30. The van der Waals surface area contributed by atoms with Gasteiger partial charge >= 0.3 is 0 Å². The van der Waals surface area contributed by atoms with Crippen LogP contribution >= 0.6 is 11.6 Å². The first kappa shape index (κ1) is 20.8. The number of hydrogen-bond acceptors (Lipinski definition) is 4. The molecule has 0 bridgehead atoms. The molecular formula is C23H22ClFN4O3. The SMILES string of the molecule is Cc1cn(-c2ccc3n(c2=O)CCN(C2CCC2Oc2ccc(F)c(Cl)c2C)C3=O)cn1. The second kappa shape index (κ2) is 7.78. The zero-order valence-corrected chi connectivity index (χ0v) is 18.5. The quantitative estimate of drug-likeness (QED) is 0.602. The van der Waals surface area contributed by atoms with Crippen LogP contribution in [0.5, 0.6) is 5.75 Å². The molecule has 1 saturated carbocycles. The molecule has 1 aliphatic heterocycles. The number of fused-ring (bicyclic) bond motifs is 1. The van der Waals surface area contributed by atoms with Crippen molar-refractivity contribution < 1.29 is 13.9 Å². The third-order valence-corrected chi connectivity index (χ3v) is 6.80. The standard InChI is InChI=1S/C23H22ClFN4O3/c1-13-11-27(12-26-13)17-4-5-18-23(31)28(9-10-29(18)22(17)30)16-6-8-20(16)32-19-7-3-15(25)21(24)14(19)2/h3-5,7,11-12,16,20H,6,8-10H2,1-2H3. The molecule has 3 aromatic rings. The van der Waals surface area contributed by atoms with Crippen molar-refractivity contribution in [3.05, 3.63) is 74.9 Å². The Balaban J connectivity index is 1.37. The molecule has 1 fully saturated rings. The van der Waals surface area contributed by atoms with Gasteiger partial charge in [0.05, 0.1) is 23.1 Å². The van der Waals surface area contributed by atoms with Crippen LogP contribution in [0.3, 0.4) is 0 Å². The Kier molecular flexibility index (Phi) is 5.04. The lowest BCUT2D eigenvalue weighted by atomic mass is 9.86. The number of aryl methyl sites for hydroxylation is 1. The topological polar surface area (TPSA) is 69.4 Å². The van der Waals surface area contributed by atoms with E-state index in [-0.39, 0.29) is 28.6 Å². The van der Waals surface area contributed by atoms with Crippen molar-refractivity contribution in [2.75, 3.05) is 6.54 Å². The molecule has 1 amide bonds. The lowest BCUT2D eigenvalue weighted by molar-refractivity contribution is -0.00574. The number of amides is 1. The van der Waals surface area contributed by atoms with Gasteiger partial charge in [-0.3, -0.25) is 9.59 Å². The Morgan fingerprint density at radius 2 is 1.94 bits per heavy atom. The monoisotopic (exact) mass is 456 g/mol. The summed E-state index contributed by atoms with van der Waals surface area (Å²) < 4.78 is 23.0. The van der Waals surface area contributed by atoms with Gasteiger partial charge in [-0.1, -0.05) is 11.6 Å². The first-order valence-electron chi connectivity index (χ1n) is 10.5.